The number of rotatable bonds is 10. The summed E-state index contributed by atoms with van der Waals surface area (Å²) >= 11 is 0. The van der Waals surface area contributed by atoms with Crippen LogP contribution in [-0.4, -0.2) is 34.0 Å². The van der Waals surface area contributed by atoms with E-state index in [1.54, 1.807) is 12.1 Å². The van der Waals surface area contributed by atoms with Gasteiger partial charge in [0.15, 0.2) is 0 Å². The van der Waals surface area contributed by atoms with E-state index in [-0.39, 0.29) is 10.8 Å². The minimum Gasteiger partial charge on any atom is -0.497 e. The largest absolute Gasteiger partial charge is 0.497 e. The Bertz CT molecular complexity index is 638. The van der Waals surface area contributed by atoms with Crippen molar-refractivity contribution in [3.05, 3.63) is 24.3 Å². The molecule has 0 aliphatic heterocycles. The van der Waals surface area contributed by atoms with Gasteiger partial charge in [-0.15, -0.1) is 0 Å². The van der Waals surface area contributed by atoms with Gasteiger partial charge in [0.05, 0.1) is 12.0 Å². The fraction of sp³-hybridized carbons (Fsp3) is 0.611. The summed E-state index contributed by atoms with van der Waals surface area (Å²) in [5, 5.41) is 3.06. The van der Waals surface area contributed by atoms with Gasteiger partial charge in [0.2, 0.25) is 15.9 Å². The van der Waals surface area contributed by atoms with Crippen molar-refractivity contribution in [3.63, 3.8) is 0 Å². The highest BCUT2D eigenvalue weighted by atomic mass is 32.2. The zero-order valence-corrected chi connectivity index (χ0v) is 15.6. The predicted octanol–water partition coefficient (Wildman–Crippen LogP) is 2.59. The van der Waals surface area contributed by atoms with Gasteiger partial charge in [0.1, 0.15) is 5.75 Å². The molecule has 2 rings (SSSR count). The molecular formula is C18H28N2O4S. The van der Waals surface area contributed by atoms with E-state index in [9.17, 15) is 13.2 Å². The van der Waals surface area contributed by atoms with Crippen molar-refractivity contribution in [3.8, 4) is 5.75 Å². The van der Waals surface area contributed by atoms with Crippen molar-refractivity contribution in [2.45, 2.75) is 62.3 Å². The lowest BCUT2D eigenvalue weighted by Crippen LogP contribution is -2.32. The molecule has 1 amide bonds. The summed E-state index contributed by atoms with van der Waals surface area (Å²) in [6.07, 6.45) is 7.44. The summed E-state index contributed by atoms with van der Waals surface area (Å²) in [5.74, 6) is 0.737. The van der Waals surface area contributed by atoms with E-state index in [0.29, 0.717) is 31.2 Å². The Balaban J connectivity index is 1.60. The summed E-state index contributed by atoms with van der Waals surface area (Å²) in [6, 6.07) is 6.65. The standard InChI is InChI=1S/C18H28N2O4S/c1-24-16-10-12-17(13-11-16)25(22,23)19-14-6-2-3-9-18(21)20-15-7-4-5-8-15/h10-13,15,19H,2-9,14H2,1H3,(H,20,21). The summed E-state index contributed by atoms with van der Waals surface area (Å²) in [5.41, 5.74) is 0. The first-order valence-corrected chi connectivity index (χ1v) is 10.4. The molecule has 6 nitrogen and oxygen atoms in total. The van der Waals surface area contributed by atoms with Gasteiger partial charge in [-0.25, -0.2) is 13.1 Å². The highest BCUT2D eigenvalue weighted by Crippen LogP contribution is 2.18. The second-order valence-corrected chi connectivity index (χ2v) is 8.20. The normalized spacial score (nSPS) is 15.2. The van der Waals surface area contributed by atoms with Crippen molar-refractivity contribution >= 4 is 15.9 Å². The molecule has 0 spiro atoms. The highest BCUT2D eigenvalue weighted by Gasteiger charge is 2.16. The quantitative estimate of drug-likeness (QED) is 0.622. The minimum absolute atomic E-state index is 0.116. The van der Waals surface area contributed by atoms with Gasteiger partial charge in [-0.1, -0.05) is 19.3 Å². The molecule has 1 fully saturated rings. The van der Waals surface area contributed by atoms with Crippen LogP contribution in [-0.2, 0) is 14.8 Å². The van der Waals surface area contributed by atoms with E-state index in [1.165, 1.54) is 32.1 Å². The fourth-order valence-corrected chi connectivity index (χ4v) is 4.08. The van der Waals surface area contributed by atoms with Crippen LogP contribution in [0.3, 0.4) is 0 Å². The Kier molecular flexibility index (Phi) is 7.71. The predicted molar refractivity (Wildman–Crippen MR) is 97.0 cm³/mol. The maximum Gasteiger partial charge on any atom is 0.240 e. The van der Waals surface area contributed by atoms with Crippen LogP contribution in [0.4, 0.5) is 0 Å². The first kappa shape index (κ1) is 19.7. The zero-order valence-electron chi connectivity index (χ0n) is 14.8. The number of sulfonamides is 1. The first-order valence-electron chi connectivity index (χ1n) is 8.94. The number of benzene rings is 1. The molecule has 2 N–H and O–H groups in total. The monoisotopic (exact) mass is 368 g/mol. The van der Waals surface area contributed by atoms with Crippen LogP contribution in [0.25, 0.3) is 0 Å². The Hall–Kier alpha value is -1.60. The number of carbonyl (C=O) groups is 1. The number of hydrogen-bond donors (Lipinski definition) is 2. The van der Waals surface area contributed by atoms with E-state index >= 15 is 0 Å². The second-order valence-electron chi connectivity index (χ2n) is 6.43. The van der Waals surface area contributed by atoms with Gasteiger partial charge in [-0.2, -0.15) is 0 Å². The number of nitrogens with one attached hydrogen (secondary N) is 2. The van der Waals surface area contributed by atoms with Gasteiger partial charge in [-0.05, 0) is 49.9 Å². The maximum atomic E-state index is 12.1. The Labute approximate surface area is 150 Å². The van der Waals surface area contributed by atoms with E-state index in [1.807, 2.05) is 0 Å². The Morgan fingerprint density at radius 2 is 1.80 bits per heavy atom. The van der Waals surface area contributed by atoms with Crippen LogP contribution >= 0.6 is 0 Å². The zero-order chi connectivity index (χ0) is 18.1. The van der Waals surface area contributed by atoms with Crippen molar-refractivity contribution in [1.29, 1.82) is 0 Å². The molecular weight excluding hydrogens is 340 g/mol. The molecule has 0 radical (unpaired) electrons. The van der Waals surface area contributed by atoms with Crippen LogP contribution in [0, 0.1) is 0 Å². The molecule has 1 aromatic rings. The third kappa shape index (κ3) is 6.66. The first-order chi connectivity index (χ1) is 12.0. The maximum absolute atomic E-state index is 12.1. The second kappa shape index (κ2) is 9.77. The Morgan fingerprint density at radius 1 is 1.12 bits per heavy atom. The van der Waals surface area contributed by atoms with Crippen LogP contribution in [0.15, 0.2) is 29.2 Å². The summed E-state index contributed by atoms with van der Waals surface area (Å²) < 4.78 is 31.9. The number of methoxy groups -OCH3 is 1. The van der Waals surface area contributed by atoms with Crippen LogP contribution in [0.5, 0.6) is 5.75 Å². The molecule has 1 aliphatic rings. The third-order valence-corrected chi connectivity index (χ3v) is 5.94. The number of unbranched alkanes of at least 4 members (excludes halogenated alkanes) is 2. The molecule has 1 aromatic carbocycles. The molecule has 140 valence electrons. The van der Waals surface area contributed by atoms with E-state index in [2.05, 4.69) is 10.0 Å². The van der Waals surface area contributed by atoms with Crippen molar-refractivity contribution in [1.82, 2.24) is 10.0 Å². The lowest BCUT2D eigenvalue weighted by Gasteiger charge is -2.11. The molecule has 0 bridgehead atoms. The van der Waals surface area contributed by atoms with Crippen molar-refractivity contribution in [2.75, 3.05) is 13.7 Å². The molecule has 25 heavy (non-hydrogen) atoms. The number of carbonyl (C=O) groups excluding carboxylic acids is 1. The number of hydrogen-bond acceptors (Lipinski definition) is 4. The average molecular weight is 368 g/mol. The van der Waals surface area contributed by atoms with E-state index in [4.69, 9.17) is 4.74 Å². The molecule has 0 saturated heterocycles. The Morgan fingerprint density at radius 3 is 2.44 bits per heavy atom. The molecule has 7 heteroatoms. The molecule has 0 unspecified atom stereocenters. The van der Waals surface area contributed by atoms with Gasteiger partial charge in [-0.3, -0.25) is 4.79 Å². The van der Waals surface area contributed by atoms with Crippen molar-refractivity contribution < 1.29 is 17.9 Å². The van der Waals surface area contributed by atoms with Gasteiger partial charge < -0.3 is 10.1 Å². The fourth-order valence-electron chi connectivity index (χ4n) is 3.00. The number of ether oxygens (including phenoxy) is 1. The minimum atomic E-state index is -3.49. The van der Waals surface area contributed by atoms with Crippen LogP contribution < -0.4 is 14.8 Å². The number of amides is 1. The summed E-state index contributed by atoms with van der Waals surface area (Å²) in [6.45, 7) is 0.374. The van der Waals surface area contributed by atoms with Crippen LogP contribution in [0.1, 0.15) is 51.4 Å². The third-order valence-electron chi connectivity index (χ3n) is 4.46. The van der Waals surface area contributed by atoms with E-state index < -0.39 is 10.0 Å². The molecule has 0 heterocycles. The van der Waals surface area contributed by atoms with Crippen LogP contribution in [0.2, 0.25) is 0 Å². The lowest BCUT2D eigenvalue weighted by atomic mass is 10.1. The lowest BCUT2D eigenvalue weighted by molar-refractivity contribution is -0.121. The summed E-state index contributed by atoms with van der Waals surface area (Å²) in [7, 11) is -1.95. The van der Waals surface area contributed by atoms with Gasteiger partial charge >= 0.3 is 0 Å². The SMILES string of the molecule is COc1ccc(S(=O)(=O)NCCCCCC(=O)NC2CCCC2)cc1. The average Bonchev–Trinajstić information content (AvgIpc) is 3.11. The van der Waals surface area contributed by atoms with Gasteiger partial charge in [0.25, 0.3) is 0 Å². The molecule has 1 saturated carbocycles. The van der Waals surface area contributed by atoms with Crippen molar-refractivity contribution in [2.24, 2.45) is 0 Å². The molecule has 0 atom stereocenters. The topological polar surface area (TPSA) is 84.5 Å². The highest BCUT2D eigenvalue weighted by molar-refractivity contribution is 7.89. The smallest absolute Gasteiger partial charge is 0.240 e. The molecule has 1 aliphatic carbocycles. The molecule has 0 aromatic heterocycles. The van der Waals surface area contributed by atoms with Gasteiger partial charge in [0, 0.05) is 19.0 Å². The van der Waals surface area contributed by atoms with E-state index in [0.717, 1.165) is 25.7 Å². The summed E-state index contributed by atoms with van der Waals surface area (Å²) in [4.78, 5) is 12.0.